The van der Waals surface area contributed by atoms with E-state index in [0.717, 1.165) is 5.56 Å². The predicted octanol–water partition coefficient (Wildman–Crippen LogP) is 3.42. The van der Waals surface area contributed by atoms with Gasteiger partial charge in [-0.25, -0.2) is 9.69 Å². The van der Waals surface area contributed by atoms with Gasteiger partial charge < -0.3 is 4.74 Å². The van der Waals surface area contributed by atoms with E-state index in [9.17, 15) is 9.59 Å². The number of rotatable bonds is 6. The molecule has 4 heteroatoms. The second kappa shape index (κ2) is 7.25. The van der Waals surface area contributed by atoms with E-state index in [-0.39, 0.29) is 30.4 Å². The van der Waals surface area contributed by atoms with Gasteiger partial charge >= 0.3 is 6.09 Å². The highest BCUT2D eigenvalue weighted by atomic mass is 16.6. The molecule has 1 heterocycles. The van der Waals surface area contributed by atoms with Gasteiger partial charge in [0.25, 0.3) is 0 Å². The quantitative estimate of drug-likeness (QED) is 0.756. The fraction of sp³-hybridized carbons (Fsp3) is 0.444. The first-order valence-electron chi connectivity index (χ1n) is 7.69. The molecule has 1 aromatic carbocycles. The van der Waals surface area contributed by atoms with E-state index in [2.05, 4.69) is 6.58 Å². The maximum Gasteiger partial charge on any atom is 0.416 e. The molecule has 0 aliphatic carbocycles. The van der Waals surface area contributed by atoms with Crippen molar-refractivity contribution in [2.75, 3.05) is 6.61 Å². The molecular formula is C18H23NO3. The Morgan fingerprint density at radius 2 is 2.09 bits per heavy atom. The zero-order valence-electron chi connectivity index (χ0n) is 13.2. The number of imide groups is 1. The molecule has 2 atom stereocenters. The molecular weight excluding hydrogens is 278 g/mol. The minimum atomic E-state index is -0.522. The molecule has 4 nitrogen and oxygen atoms in total. The minimum Gasteiger partial charge on any atom is -0.447 e. The van der Waals surface area contributed by atoms with Crippen LogP contribution in [0.4, 0.5) is 4.79 Å². The van der Waals surface area contributed by atoms with Crippen molar-refractivity contribution >= 4 is 12.0 Å². The predicted molar refractivity (Wildman–Crippen MR) is 85.3 cm³/mol. The highest BCUT2D eigenvalue weighted by Gasteiger charge is 2.41. The number of ether oxygens (including phenoxy) is 1. The maximum absolute atomic E-state index is 12.8. The Balaban J connectivity index is 2.18. The van der Waals surface area contributed by atoms with Crippen molar-refractivity contribution in [1.29, 1.82) is 0 Å². The van der Waals surface area contributed by atoms with Crippen LogP contribution >= 0.6 is 0 Å². The number of amides is 2. The zero-order chi connectivity index (χ0) is 16.1. The molecule has 2 amide bonds. The van der Waals surface area contributed by atoms with Crippen molar-refractivity contribution in [3.05, 3.63) is 48.6 Å². The van der Waals surface area contributed by atoms with Gasteiger partial charge in [-0.1, -0.05) is 50.3 Å². The minimum absolute atomic E-state index is 0.162. The topological polar surface area (TPSA) is 46.6 Å². The molecule has 22 heavy (non-hydrogen) atoms. The summed E-state index contributed by atoms with van der Waals surface area (Å²) >= 11 is 0. The summed E-state index contributed by atoms with van der Waals surface area (Å²) in [4.78, 5) is 26.1. The van der Waals surface area contributed by atoms with Crippen molar-refractivity contribution in [3.8, 4) is 0 Å². The molecule has 1 aliphatic rings. The molecule has 0 spiro atoms. The molecule has 118 valence electrons. The Kier molecular flexibility index (Phi) is 5.36. The Hall–Kier alpha value is -2.10. The van der Waals surface area contributed by atoms with Crippen LogP contribution in [-0.4, -0.2) is 29.5 Å². The van der Waals surface area contributed by atoms with Crippen LogP contribution < -0.4 is 0 Å². The van der Waals surface area contributed by atoms with E-state index in [1.165, 1.54) is 4.90 Å². The first-order valence-corrected chi connectivity index (χ1v) is 7.69. The van der Waals surface area contributed by atoms with Gasteiger partial charge in [0.15, 0.2) is 0 Å². The molecule has 1 saturated heterocycles. The molecule has 2 rings (SSSR count). The van der Waals surface area contributed by atoms with E-state index in [1.807, 2.05) is 44.2 Å². The Bertz CT molecular complexity index is 539. The first kappa shape index (κ1) is 16.3. The molecule has 0 radical (unpaired) electrons. The molecule has 0 aromatic heterocycles. The molecule has 0 saturated carbocycles. The van der Waals surface area contributed by atoms with E-state index in [0.29, 0.717) is 12.8 Å². The summed E-state index contributed by atoms with van der Waals surface area (Å²) in [5.74, 6) is -0.270. The number of allylic oxidation sites excluding steroid dienone is 1. The van der Waals surface area contributed by atoms with Gasteiger partial charge in [-0.15, -0.1) is 6.58 Å². The van der Waals surface area contributed by atoms with Crippen LogP contribution in [0.2, 0.25) is 0 Å². The van der Waals surface area contributed by atoms with Crippen LogP contribution in [0.3, 0.4) is 0 Å². The summed E-state index contributed by atoms with van der Waals surface area (Å²) in [6.45, 7) is 8.01. The molecule has 0 bridgehead atoms. The van der Waals surface area contributed by atoms with Crippen LogP contribution in [0, 0.1) is 11.8 Å². The Morgan fingerprint density at radius 3 is 2.68 bits per heavy atom. The molecule has 1 aromatic rings. The van der Waals surface area contributed by atoms with Gasteiger partial charge in [0, 0.05) is 5.92 Å². The lowest BCUT2D eigenvalue weighted by Gasteiger charge is -2.26. The zero-order valence-corrected chi connectivity index (χ0v) is 13.2. The maximum atomic E-state index is 12.8. The SMILES string of the molecule is C=CCC(Cc1ccccc1)C(=O)N1C(=O)OCC1C(C)C. The second-order valence-electron chi connectivity index (χ2n) is 6.01. The van der Waals surface area contributed by atoms with Crippen LogP contribution in [0.5, 0.6) is 0 Å². The fourth-order valence-electron chi connectivity index (χ4n) is 2.75. The summed E-state index contributed by atoms with van der Waals surface area (Å²) < 4.78 is 5.08. The van der Waals surface area contributed by atoms with Crippen molar-refractivity contribution < 1.29 is 14.3 Å². The number of carbonyl (C=O) groups is 2. The van der Waals surface area contributed by atoms with Crippen molar-refractivity contribution in [1.82, 2.24) is 4.90 Å². The number of hydrogen-bond donors (Lipinski definition) is 0. The van der Waals surface area contributed by atoms with Crippen LogP contribution in [-0.2, 0) is 16.0 Å². The van der Waals surface area contributed by atoms with Crippen LogP contribution in [0.1, 0.15) is 25.8 Å². The average Bonchev–Trinajstić information content (AvgIpc) is 2.89. The Morgan fingerprint density at radius 1 is 1.41 bits per heavy atom. The van der Waals surface area contributed by atoms with Gasteiger partial charge in [0.1, 0.15) is 6.61 Å². The van der Waals surface area contributed by atoms with E-state index < -0.39 is 6.09 Å². The number of hydrogen-bond acceptors (Lipinski definition) is 3. The normalized spacial score (nSPS) is 19.1. The summed E-state index contributed by atoms with van der Waals surface area (Å²) in [5, 5.41) is 0. The highest BCUT2D eigenvalue weighted by Crippen LogP contribution is 2.24. The number of benzene rings is 1. The first-order chi connectivity index (χ1) is 10.5. The van der Waals surface area contributed by atoms with Crippen LogP contribution in [0.25, 0.3) is 0 Å². The lowest BCUT2D eigenvalue weighted by atomic mass is 9.93. The third kappa shape index (κ3) is 3.56. The molecule has 1 aliphatic heterocycles. The van der Waals surface area contributed by atoms with Gasteiger partial charge in [-0.2, -0.15) is 0 Å². The van der Waals surface area contributed by atoms with Crippen molar-refractivity contribution in [2.45, 2.75) is 32.7 Å². The van der Waals surface area contributed by atoms with Crippen molar-refractivity contribution in [3.63, 3.8) is 0 Å². The van der Waals surface area contributed by atoms with Crippen molar-refractivity contribution in [2.24, 2.45) is 11.8 Å². The number of cyclic esters (lactones) is 1. The van der Waals surface area contributed by atoms with Gasteiger partial charge in [-0.05, 0) is 24.3 Å². The third-order valence-corrected chi connectivity index (χ3v) is 4.04. The van der Waals surface area contributed by atoms with E-state index in [4.69, 9.17) is 4.74 Å². The number of carbonyl (C=O) groups excluding carboxylic acids is 2. The second-order valence-corrected chi connectivity index (χ2v) is 6.01. The molecule has 0 N–H and O–H groups in total. The monoisotopic (exact) mass is 301 g/mol. The summed E-state index contributed by atoms with van der Waals surface area (Å²) in [5.41, 5.74) is 1.08. The highest BCUT2D eigenvalue weighted by molar-refractivity contribution is 5.95. The average molecular weight is 301 g/mol. The molecule has 2 unspecified atom stereocenters. The lowest BCUT2D eigenvalue weighted by Crippen LogP contribution is -2.45. The van der Waals surface area contributed by atoms with Gasteiger partial charge in [0.2, 0.25) is 5.91 Å². The van der Waals surface area contributed by atoms with Crippen LogP contribution in [0.15, 0.2) is 43.0 Å². The van der Waals surface area contributed by atoms with Gasteiger partial charge in [-0.3, -0.25) is 4.79 Å². The third-order valence-electron chi connectivity index (χ3n) is 4.04. The summed E-state index contributed by atoms with van der Waals surface area (Å²) in [6, 6.07) is 9.65. The molecule has 1 fully saturated rings. The summed E-state index contributed by atoms with van der Waals surface area (Å²) in [6.07, 6.45) is 2.35. The summed E-state index contributed by atoms with van der Waals surface area (Å²) in [7, 11) is 0. The Labute approximate surface area is 131 Å². The smallest absolute Gasteiger partial charge is 0.416 e. The van der Waals surface area contributed by atoms with E-state index in [1.54, 1.807) is 6.08 Å². The fourth-order valence-corrected chi connectivity index (χ4v) is 2.75. The standard InChI is InChI=1S/C18H23NO3/c1-4-8-15(11-14-9-6-5-7-10-14)17(20)19-16(13(2)3)12-22-18(19)21/h4-7,9-10,13,15-16H,1,8,11-12H2,2-3H3. The largest absolute Gasteiger partial charge is 0.447 e. The number of nitrogens with zero attached hydrogens (tertiary/aromatic N) is 1. The van der Waals surface area contributed by atoms with E-state index >= 15 is 0 Å². The lowest BCUT2D eigenvalue weighted by molar-refractivity contribution is -0.133. The van der Waals surface area contributed by atoms with Gasteiger partial charge in [0.05, 0.1) is 6.04 Å².